The normalized spacial score (nSPS) is 13.7. The molecule has 1 unspecified atom stereocenters. The quantitative estimate of drug-likeness (QED) is 0.878. The predicted molar refractivity (Wildman–Crippen MR) is 77.0 cm³/mol. The lowest BCUT2D eigenvalue weighted by Crippen LogP contribution is -2.13. The molecule has 1 rings (SSSR count). The third kappa shape index (κ3) is 4.53. The Balaban J connectivity index is 3.17. The van der Waals surface area contributed by atoms with Gasteiger partial charge in [0.25, 0.3) is 0 Å². The zero-order valence-corrected chi connectivity index (χ0v) is 12.5. The number of halogens is 1. The molecule has 0 aliphatic rings. The van der Waals surface area contributed by atoms with Gasteiger partial charge in [-0.2, -0.15) is 0 Å². The molecule has 6 heteroatoms. The lowest BCUT2D eigenvalue weighted by molar-refractivity contribution is 0.356. The van der Waals surface area contributed by atoms with E-state index < -0.39 is 10.0 Å². The molecule has 0 aliphatic heterocycles. The van der Waals surface area contributed by atoms with Crippen LogP contribution in [0.25, 0.3) is 0 Å². The van der Waals surface area contributed by atoms with Crippen LogP contribution < -0.4 is 9.88 Å². The van der Waals surface area contributed by atoms with E-state index >= 15 is 0 Å². The Morgan fingerprint density at radius 1 is 1.47 bits per heavy atom. The van der Waals surface area contributed by atoms with Crippen LogP contribution in [-0.4, -0.2) is 15.0 Å². The van der Waals surface area contributed by atoms with Gasteiger partial charge in [-0.1, -0.05) is 25.4 Å². The maximum Gasteiger partial charge on any atom is 0.238 e. The van der Waals surface area contributed by atoms with Crippen molar-refractivity contribution < 1.29 is 13.2 Å². The maximum absolute atomic E-state index is 11.4. The van der Waals surface area contributed by atoms with Crippen molar-refractivity contribution in [2.24, 2.45) is 5.14 Å². The van der Waals surface area contributed by atoms with E-state index in [4.69, 9.17) is 21.5 Å². The molecule has 0 bridgehead atoms. The molecule has 4 nitrogen and oxygen atoms in total. The van der Waals surface area contributed by atoms with Crippen molar-refractivity contribution in [3.8, 4) is 5.75 Å². The van der Waals surface area contributed by atoms with Crippen LogP contribution in [-0.2, 0) is 10.0 Å². The Kier molecular flexibility index (Phi) is 5.85. The monoisotopic (exact) mass is 303 g/mol. The van der Waals surface area contributed by atoms with Gasteiger partial charge in [-0.25, -0.2) is 13.6 Å². The van der Waals surface area contributed by atoms with E-state index in [2.05, 4.69) is 0 Å². The van der Waals surface area contributed by atoms with E-state index in [0.717, 1.165) is 12.0 Å². The smallest absolute Gasteiger partial charge is 0.238 e. The molecule has 2 N–H and O–H groups in total. The van der Waals surface area contributed by atoms with Gasteiger partial charge in [-0.15, -0.1) is 0 Å². The Morgan fingerprint density at radius 3 is 2.68 bits per heavy atom. The fourth-order valence-corrected chi connectivity index (χ4v) is 2.24. The average Bonchev–Trinajstić information content (AvgIpc) is 2.37. The first-order chi connectivity index (χ1) is 8.90. The highest BCUT2D eigenvalue weighted by Gasteiger charge is 2.15. The maximum atomic E-state index is 11.4. The third-order valence-electron chi connectivity index (χ3n) is 2.88. The summed E-state index contributed by atoms with van der Waals surface area (Å²) in [6.07, 6.45) is 2.53. The van der Waals surface area contributed by atoms with Crippen LogP contribution >= 0.6 is 11.6 Å². The fourth-order valence-electron chi connectivity index (χ4n) is 1.61. The molecule has 0 fully saturated rings. The molecule has 1 aromatic carbocycles. The molecular weight excluding hydrogens is 286 g/mol. The van der Waals surface area contributed by atoms with Gasteiger partial charge in [0.2, 0.25) is 10.0 Å². The van der Waals surface area contributed by atoms with E-state index in [1.165, 1.54) is 11.6 Å². The summed E-state index contributed by atoms with van der Waals surface area (Å²) in [6, 6.07) is 4.65. The molecule has 106 valence electrons. The SMILES string of the molecule is CCC(C)c1cc(S(N)(=O)=O)ccc1OC/C=C/Cl. The standard InChI is InChI=1S/C13H18ClNO3S/c1-3-10(2)12-9-11(19(15,16)17)5-6-13(12)18-8-4-7-14/h4-7,9-10H,3,8H2,1-2H3,(H2,15,16,17)/b7-4+. The summed E-state index contributed by atoms with van der Waals surface area (Å²) in [6.45, 7) is 4.37. The molecule has 0 aromatic heterocycles. The van der Waals surface area contributed by atoms with Gasteiger partial charge in [0, 0.05) is 5.54 Å². The van der Waals surface area contributed by atoms with Crippen molar-refractivity contribution in [1.29, 1.82) is 0 Å². The minimum Gasteiger partial charge on any atom is -0.489 e. The number of rotatable bonds is 6. The predicted octanol–water partition coefficient (Wildman–Crippen LogP) is 2.98. The second-order valence-corrected chi connectivity index (χ2v) is 6.04. The largest absolute Gasteiger partial charge is 0.489 e. The van der Waals surface area contributed by atoms with Gasteiger partial charge in [-0.05, 0) is 42.2 Å². The number of sulfonamides is 1. The van der Waals surface area contributed by atoms with E-state index in [-0.39, 0.29) is 10.8 Å². The number of primary sulfonamides is 1. The molecule has 0 saturated carbocycles. The van der Waals surface area contributed by atoms with Gasteiger partial charge >= 0.3 is 0 Å². The van der Waals surface area contributed by atoms with Crippen molar-refractivity contribution >= 4 is 21.6 Å². The van der Waals surface area contributed by atoms with Crippen LogP contribution in [0.1, 0.15) is 31.7 Å². The highest BCUT2D eigenvalue weighted by Crippen LogP contribution is 2.30. The lowest BCUT2D eigenvalue weighted by Gasteiger charge is -2.16. The summed E-state index contributed by atoms with van der Waals surface area (Å²) in [5, 5.41) is 5.14. The number of ether oxygens (including phenoxy) is 1. The molecule has 0 spiro atoms. The highest BCUT2D eigenvalue weighted by atomic mass is 35.5. The Bertz CT molecular complexity index is 555. The van der Waals surface area contributed by atoms with Gasteiger partial charge in [0.15, 0.2) is 0 Å². The minimum absolute atomic E-state index is 0.100. The lowest BCUT2D eigenvalue weighted by atomic mass is 9.98. The van der Waals surface area contributed by atoms with Crippen LogP contribution in [0, 0.1) is 0 Å². The molecule has 19 heavy (non-hydrogen) atoms. The van der Waals surface area contributed by atoms with Gasteiger partial charge in [0.05, 0.1) is 4.90 Å². The van der Waals surface area contributed by atoms with Crippen LogP contribution in [0.2, 0.25) is 0 Å². The molecule has 0 amide bonds. The second-order valence-electron chi connectivity index (χ2n) is 4.23. The van der Waals surface area contributed by atoms with Gasteiger partial charge in [0.1, 0.15) is 12.4 Å². The Morgan fingerprint density at radius 2 is 2.16 bits per heavy atom. The molecule has 0 radical (unpaired) electrons. The number of nitrogens with two attached hydrogens (primary N) is 1. The Labute approximate surface area is 119 Å². The van der Waals surface area contributed by atoms with Crippen molar-refractivity contribution in [2.75, 3.05) is 6.61 Å². The topological polar surface area (TPSA) is 69.4 Å². The summed E-state index contributed by atoms with van der Waals surface area (Å²) in [4.78, 5) is 0.100. The first-order valence-electron chi connectivity index (χ1n) is 5.95. The minimum atomic E-state index is -3.70. The molecule has 1 atom stereocenters. The summed E-state index contributed by atoms with van der Waals surface area (Å²) in [5.41, 5.74) is 2.21. The first kappa shape index (κ1) is 16.0. The van der Waals surface area contributed by atoms with Crippen molar-refractivity contribution in [2.45, 2.75) is 31.1 Å². The number of hydrogen-bond acceptors (Lipinski definition) is 3. The molecular formula is C13H18ClNO3S. The van der Waals surface area contributed by atoms with Gasteiger partial charge in [-0.3, -0.25) is 0 Å². The molecule has 0 saturated heterocycles. The zero-order valence-electron chi connectivity index (χ0n) is 11.0. The van der Waals surface area contributed by atoms with Gasteiger partial charge < -0.3 is 4.74 Å². The van der Waals surface area contributed by atoms with Crippen molar-refractivity contribution in [3.63, 3.8) is 0 Å². The second kappa shape index (κ2) is 6.93. The fraction of sp³-hybridized carbons (Fsp3) is 0.385. The molecule has 0 aliphatic carbocycles. The van der Waals surface area contributed by atoms with Crippen LogP contribution in [0.15, 0.2) is 34.7 Å². The summed E-state index contributed by atoms with van der Waals surface area (Å²) in [5.74, 6) is 0.827. The summed E-state index contributed by atoms with van der Waals surface area (Å²) in [7, 11) is -3.70. The summed E-state index contributed by atoms with van der Waals surface area (Å²) < 4.78 is 28.3. The van der Waals surface area contributed by atoms with Crippen LogP contribution in [0.4, 0.5) is 0 Å². The molecule has 1 aromatic rings. The average molecular weight is 304 g/mol. The van der Waals surface area contributed by atoms with Crippen LogP contribution in [0.5, 0.6) is 5.75 Å². The third-order valence-corrected chi connectivity index (χ3v) is 3.97. The first-order valence-corrected chi connectivity index (χ1v) is 7.93. The summed E-state index contributed by atoms with van der Waals surface area (Å²) >= 11 is 5.43. The number of hydrogen-bond donors (Lipinski definition) is 1. The highest BCUT2D eigenvalue weighted by molar-refractivity contribution is 7.89. The van der Waals surface area contributed by atoms with Crippen LogP contribution in [0.3, 0.4) is 0 Å². The van der Waals surface area contributed by atoms with E-state index in [9.17, 15) is 8.42 Å². The van der Waals surface area contributed by atoms with Crippen molar-refractivity contribution in [1.82, 2.24) is 0 Å². The zero-order chi connectivity index (χ0) is 14.5. The van der Waals surface area contributed by atoms with E-state index in [1.54, 1.807) is 18.2 Å². The Hall–Kier alpha value is -1.04. The van der Waals surface area contributed by atoms with E-state index in [1.807, 2.05) is 13.8 Å². The van der Waals surface area contributed by atoms with E-state index in [0.29, 0.717) is 12.4 Å². The number of benzene rings is 1. The molecule has 0 heterocycles. The van der Waals surface area contributed by atoms with Crippen molar-refractivity contribution in [3.05, 3.63) is 35.4 Å².